The summed E-state index contributed by atoms with van der Waals surface area (Å²) < 4.78 is 1.11. The van der Waals surface area contributed by atoms with E-state index in [0.717, 1.165) is 28.8 Å². The van der Waals surface area contributed by atoms with E-state index >= 15 is 0 Å². The molecule has 0 saturated carbocycles. The lowest BCUT2D eigenvalue weighted by Gasteiger charge is -2.12. The van der Waals surface area contributed by atoms with E-state index in [2.05, 4.69) is 60.2 Å². The van der Waals surface area contributed by atoms with E-state index in [1.54, 1.807) is 0 Å². The summed E-state index contributed by atoms with van der Waals surface area (Å²) in [4.78, 5) is 4.76. The van der Waals surface area contributed by atoms with E-state index in [1.165, 1.54) is 16.5 Å². The van der Waals surface area contributed by atoms with Gasteiger partial charge in [0.1, 0.15) is 5.82 Å². The van der Waals surface area contributed by atoms with Crippen LogP contribution in [-0.4, -0.2) is 11.5 Å². The maximum absolute atomic E-state index is 4.76. The summed E-state index contributed by atoms with van der Waals surface area (Å²) in [6.45, 7) is 7.26. The summed E-state index contributed by atoms with van der Waals surface area (Å²) in [5.41, 5.74) is 3.56. The van der Waals surface area contributed by atoms with Gasteiger partial charge in [-0.05, 0) is 43.5 Å². The number of pyridine rings is 1. The summed E-state index contributed by atoms with van der Waals surface area (Å²) >= 11 is 3.60. The Labute approximate surface area is 111 Å². The van der Waals surface area contributed by atoms with Gasteiger partial charge in [0.25, 0.3) is 0 Å². The Morgan fingerprint density at radius 2 is 2.06 bits per heavy atom. The number of halogens is 1. The van der Waals surface area contributed by atoms with Crippen LogP contribution in [0.15, 0.2) is 22.7 Å². The molecule has 1 heterocycles. The molecule has 0 aliphatic carbocycles. The van der Waals surface area contributed by atoms with Crippen molar-refractivity contribution in [1.82, 2.24) is 4.98 Å². The fourth-order valence-corrected chi connectivity index (χ4v) is 2.43. The maximum atomic E-state index is 4.76. The topological polar surface area (TPSA) is 24.9 Å². The van der Waals surface area contributed by atoms with E-state index < -0.39 is 0 Å². The van der Waals surface area contributed by atoms with Crippen molar-refractivity contribution in [2.24, 2.45) is 0 Å². The van der Waals surface area contributed by atoms with Gasteiger partial charge in [0.15, 0.2) is 0 Å². The number of fused-ring (bicyclic) bond motifs is 1. The minimum atomic E-state index is 0.901. The molecule has 0 unspecified atom stereocenters. The highest BCUT2D eigenvalue weighted by Gasteiger charge is 2.08. The minimum absolute atomic E-state index is 0.901. The van der Waals surface area contributed by atoms with Gasteiger partial charge in [0, 0.05) is 16.4 Å². The molecule has 1 aromatic heterocycles. The molecule has 0 radical (unpaired) electrons. The highest BCUT2D eigenvalue weighted by molar-refractivity contribution is 9.10. The molecule has 1 N–H and O–H groups in total. The third kappa shape index (κ3) is 2.29. The van der Waals surface area contributed by atoms with Crippen molar-refractivity contribution in [3.63, 3.8) is 0 Å². The standard InChI is InChI=1S/C14H17BrN2/c1-4-10-8-11-12(15)7-6-9(3)13(11)17-14(10)16-5-2/h6-8H,4-5H2,1-3H3,(H,16,17). The Bertz CT molecular complexity index is 549. The van der Waals surface area contributed by atoms with Crippen LogP contribution in [0.2, 0.25) is 0 Å². The lowest BCUT2D eigenvalue weighted by Crippen LogP contribution is -2.04. The third-order valence-corrected chi connectivity index (χ3v) is 3.63. The molecule has 2 rings (SSSR count). The second-order valence-corrected chi connectivity index (χ2v) is 4.99. The number of nitrogens with one attached hydrogen (secondary N) is 1. The number of hydrogen-bond acceptors (Lipinski definition) is 2. The third-order valence-electron chi connectivity index (χ3n) is 2.94. The maximum Gasteiger partial charge on any atom is 0.129 e. The Kier molecular flexibility index (Phi) is 3.67. The zero-order chi connectivity index (χ0) is 12.4. The van der Waals surface area contributed by atoms with Crippen molar-refractivity contribution < 1.29 is 0 Å². The smallest absolute Gasteiger partial charge is 0.129 e. The minimum Gasteiger partial charge on any atom is -0.370 e. The number of rotatable bonds is 3. The average Bonchev–Trinajstić information content (AvgIpc) is 2.34. The molecule has 0 fully saturated rings. The van der Waals surface area contributed by atoms with E-state index in [-0.39, 0.29) is 0 Å². The molecule has 0 atom stereocenters. The second-order valence-electron chi connectivity index (χ2n) is 4.14. The first-order chi connectivity index (χ1) is 8.17. The van der Waals surface area contributed by atoms with Crippen molar-refractivity contribution in [3.05, 3.63) is 33.8 Å². The van der Waals surface area contributed by atoms with Crippen LogP contribution >= 0.6 is 15.9 Å². The molecule has 0 amide bonds. The van der Waals surface area contributed by atoms with Crippen molar-refractivity contribution >= 4 is 32.7 Å². The molecular formula is C14H17BrN2. The predicted octanol–water partition coefficient (Wildman–Crippen LogP) is 4.30. The van der Waals surface area contributed by atoms with E-state index in [0.29, 0.717) is 0 Å². The molecule has 90 valence electrons. The molecule has 2 nitrogen and oxygen atoms in total. The van der Waals surface area contributed by atoms with Crippen LogP contribution in [0.4, 0.5) is 5.82 Å². The van der Waals surface area contributed by atoms with Gasteiger partial charge in [-0.1, -0.05) is 28.9 Å². The fraction of sp³-hybridized carbons (Fsp3) is 0.357. The van der Waals surface area contributed by atoms with Crippen LogP contribution in [0.1, 0.15) is 25.0 Å². The Morgan fingerprint density at radius 1 is 1.29 bits per heavy atom. The summed E-state index contributed by atoms with van der Waals surface area (Å²) in [7, 11) is 0. The second kappa shape index (κ2) is 5.05. The quantitative estimate of drug-likeness (QED) is 0.912. The molecule has 0 spiro atoms. The van der Waals surface area contributed by atoms with E-state index in [9.17, 15) is 0 Å². The SMILES string of the molecule is CCNc1nc2c(C)ccc(Br)c2cc1CC. The zero-order valence-electron chi connectivity index (χ0n) is 10.5. The summed E-state index contributed by atoms with van der Waals surface area (Å²) in [6, 6.07) is 6.42. The molecular weight excluding hydrogens is 276 g/mol. The van der Waals surface area contributed by atoms with Gasteiger partial charge in [0.2, 0.25) is 0 Å². The predicted molar refractivity (Wildman–Crippen MR) is 77.7 cm³/mol. The molecule has 0 bridgehead atoms. The van der Waals surface area contributed by atoms with Crippen molar-refractivity contribution in [1.29, 1.82) is 0 Å². The monoisotopic (exact) mass is 292 g/mol. The fourth-order valence-electron chi connectivity index (χ4n) is 1.99. The number of aryl methyl sites for hydroxylation is 2. The molecule has 0 aliphatic heterocycles. The van der Waals surface area contributed by atoms with Crippen LogP contribution in [0, 0.1) is 6.92 Å². The van der Waals surface area contributed by atoms with Gasteiger partial charge in [-0.15, -0.1) is 0 Å². The largest absolute Gasteiger partial charge is 0.370 e. The zero-order valence-corrected chi connectivity index (χ0v) is 12.1. The summed E-state index contributed by atoms with van der Waals surface area (Å²) in [5.74, 6) is 1.02. The summed E-state index contributed by atoms with van der Waals surface area (Å²) in [5, 5.41) is 4.54. The molecule has 0 saturated heterocycles. The first-order valence-corrected chi connectivity index (χ1v) is 6.79. The molecule has 1 aromatic carbocycles. The normalized spacial score (nSPS) is 10.8. The Morgan fingerprint density at radius 3 is 2.71 bits per heavy atom. The van der Waals surface area contributed by atoms with E-state index in [4.69, 9.17) is 4.98 Å². The Balaban J connectivity index is 2.73. The van der Waals surface area contributed by atoms with Crippen LogP contribution < -0.4 is 5.32 Å². The number of benzene rings is 1. The highest BCUT2D eigenvalue weighted by Crippen LogP contribution is 2.29. The van der Waals surface area contributed by atoms with Gasteiger partial charge in [-0.3, -0.25) is 0 Å². The van der Waals surface area contributed by atoms with Crippen molar-refractivity contribution in [3.8, 4) is 0 Å². The number of aromatic nitrogens is 1. The van der Waals surface area contributed by atoms with Gasteiger partial charge in [0.05, 0.1) is 5.52 Å². The lowest BCUT2D eigenvalue weighted by molar-refractivity contribution is 1.08. The first kappa shape index (κ1) is 12.4. The number of anilines is 1. The van der Waals surface area contributed by atoms with Crippen LogP contribution in [0.3, 0.4) is 0 Å². The molecule has 3 heteroatoms. The lowest BCUT2D eigenvalue weighted by atomic mass is 10.1. The van der Waals surface area contributed by atoms with E-state index in [1.807, 2.05) is 0 Å². The Hall–Kier alpha value is -1.09. The molecule has 17 heavy (non-hydrogen) atoms. The number of hydrogen-bond donors (Lipinski definition) is 1. The molecule has 0 aliphatic rings. The van der Waals surface area contributed by atoms with Gasteiger partial charge >= 0.3 is 0 Å². The van der Waals surface area contributed by atoms with Crippen molar-refractivity contribution in [2.45, 2.75) is 27.2 Å². The first-order valence-electron chi connectivity index (χ1n) is 6.00. The molecule has 2 aromatic rings. The van der Waals surface area contributed by atoms with Crippen LogP contribution in [0.5, 0.6) is 0 Å². The van der Waals surface area contributed by atoms with Crippen molar-refractivity contribution in [2.75, 3.05) is 11.9 Å². The van der Waals surface area contributed by atoms with Crippen LogP contribution in [0.25, 0.3) is 10.9 Å². The average molecular weight is 293 g/mol. The summed E-state index contributed by atoms with van der Waals surface area (Å²) in [6.07, 6.45) is 0.992. The van der Waals surface area contributed by atoms with Gasteiger partial charge in [-0.25, -0.2) is 4.98 Å². The number of nitrogens with zero attached hydrogens (tertiary/aromatic N) is 1. The van der Waals surface area contributed by atoms with Crippen LogP contribution in [-0.2, 0) is 6.42 Å². The highest BCUT2D eigenvalue weighted by atomic mass is 79.9. The van der Waals surface area contributed by atoms with Gasteiger partial charge < -0.3 is 5.32 Å². The van der Waals surface area contributed by atoms with Gasteiger partial charge in [-0.2, -0.15) is 0 Å².